The lowest BCUT2D eigenvalue weighted by Crippen LogP contribution is -2.16. The Kier molecular flexibility index (Phi) is 8.60. The third kappa shape index (κ3) is 5.55. The van der Waals surface area contributed by atoms with Crippen LogP contribution >= 0.6 is 22.7 Å². The van der Waals surface area contributed by atoms with Crippen LogP contribution in [0, 0.1) is 0 Å². The number of thiophene rings is 1. The highest BCUT2D eigenvalue weighted by Gasteiger charge is 2.23. The Labute approximate surface area is 224 Å². The molecule has 0 amide bonds. The predicted molar refractivity (Wildman–Crippen MR) is 161 cm³/mol. The van der Waals surface area contributed by atoms with Gasteiger partial charge in [-0.15, -0.1) is 22.7 Å². The van der Waals surface area contributed by atoms with Crippen LogP contribution in [0.1, 0.15) is 84.6 Å². The molecule has 0 saturated carbocycles. The Morgan fingerprint density at radius 1 is 0.917 bits per heavy atom. The van der Waals surface area contributed by atoms with Gasteiger partial charge in [0.15, 0.2) is 0 Å². The Hall–Kier alpha value is -2.95. The summed E-state index contributed by atoms with van der Waals surface area (Å²) >= 11 is 3.54. The summed E-state index contributed by atoms with van der Waals surface area (Å²) in [7, 11) is 0. The van der Waals surface area contributed by atoms with E-state index >= 15 is 0 Å². The number of thiazole rings is 1. The van der Waals surface area contributed by atoms with Crippen molar-refractivity contribution >= 4 is 34.4 Å². The van der Waals surface area contributed by atoms with Crippen LogP contribution in [0.4, 0.5) is 5.69 Å². The summed E-state index contributed by atoms with van der Waals surface area (Å²) in [5, 5.41) is 9.49. The number of allylic oxidation sites excluding steroid dienone is 2. The minimum Gasteiger partial charge on any atom is -0.372 e. The van der Waals surface area contributed by atoms with E-state index in [4.69, 9.17) is 4.98 Å². The first-order valence-electron chi connectivity index (χ1n) is 12.7. The summed E-state index contributed by atoms with van der Waals surface area (Å²) in [6.45, 7) is 15.1. The van der Waals surface area contributed by atoms with Crippen LogP contribution in [0.2, 0.25) is 0 Å². The predicted octanol–water partition coefficient (Wildman–Crippen LogP) is 10.1. The molecule has 1 N–H and O–H groups in total. The lowest BCUT2D eigenvalue weighted by molar-refractivity contribution is 0.820. The van der Waals surface area contributed by atoms with E-state index in [9.17, 15) is 0 Å². The summed E-state index contributed by atoms with van der Waals surface area (Å²) in [6, 6.07) is 17.4. The normalized spacial score (nSPS) is 12.5. The Bertz CT molecular complexity index is 1300. The van der Waals surface area contributed by atoms with Crippen molar-refractivity contribution in [1.82, 2.24) is 4.98 Å². The number of nitrogens with zero attached hydrogens (tertiary/aromatic N) is 1. The summed E-state index contributed by atoms with van der Waals surface area (Å²) in [5.41, 5.74) is 8.66. The highest BCUT2D eigenvalue weighted by Crippen LogP contribution is 2.39. The van der Waals surface area contributed by atoms with Crippen molar-refractivity contribution in [3.05, 3.63) is 110 Å². The van der Waals surface area contributed by atoms with Crippen LogP contribution in [0.25, 0.3) is 17.3 Å². The molecule has 4 aromatic rings. The van der Waals surface area contributed by atoms with Gasteiger partial charge in [-0.25, -0.2) is 4.98 Å². The molecule has 0 fully saturated rings. The molecule has 0 radical (unpaired) electrons. The van der Waals surface area contributed by atoms with Gasteiger partial charge in [-0.05, 0) is 40.5 Å². The van der Waals surface area contributed by atoms with Crippen molar-refractivity contribution in [3.63, 3.8) is 0 Å². The van der Waals surface area contributed by atoms with Gasteiger partial charge in [-0.2, -0.15) is 0 Å². The molecule has 4 heteroatoms. The molecule has 0 saturated heterocycles. The molecule has 0 aliphatic heterocycles. The van der Waals surface area contributed by atoms with E-state index < -0.39 is 0 Å². The average molecular weight is 513 g/mol. The van der Waals surface area contributed by atoms with E-state index in [2.05, 4.69) is 112 Å². The second kappa shape index (κ2) is 11.9. The van der Waals surface area contributed by atoms with Crippen molar-refractivity contribution < 1.29 is 0 Å². The number of aryl methyl sites for hydroxylation is 1. The standard InChI is InChI=1S/C32H36N2S2/c1-7-9-16-26-27(19-35-29(26)8-2)28-20-36-32(33-28)30(23-14-11-10-12-15-23)34-31-24(21(3)4)17-13-18-25(31)22(5)6/h7,9-22,30,34H,1,8H2,2-6H3/b16-9-. The number of nitrogens with one attached hydrogen (secondary N) is 1. The second-order valence-corrected chi connectivity index (χ2v) is 11.5. The summed E-state index contributed by atoms with van der Waals surface area (Å²) in [4.78, 5) is 6.60. The van der Waals surface area contributed by atoms with Gasteiger partial charge in [-0.1, -0.05) is 108 Å². The fraction of sp³-hybridized carbons (Fsp3) is 0.281. The van der Waals surface area contributed by atoms with Gasteiger partial charge < -0.3 is 5.32 Å². The molecule has 186 valence electrons. The molecule has 2 aromatic carbocycles. The zero-order chi connectivity index (χ0) is 25.7. The van der Waals surface area contributed by atoms with E-state index in [1.807, 2.05) is 23.5 Å². The topological polar surface area (TPSA) is 24.9 Å². The van der Waals surface area contributed by atoms with Gasteiger partial charge >= 0.3 is 0 Å². The van der Waals surface area contributed by atoms with Crippen LogP contribution in [-0.4, -0.2) is 4.98 Å². The lowest BCUT2D eigenvalue weighted by Gasteiger charge is -2.26. The van der Waals surface area contributed by atoms with Crippen molar-refractivity contribution in [2.24, 2.45) is 0 Å². The molecule has 2 heterocycles. The van der Waals surface area contributed by atoms with Crippen LogP contribution in [0.5, 0.6) is 0 Å². The highest BCUT2D eigenvalue weighted by atomic mass is 32.1. The van der Waals surface area contributed by atoms with Crippen LogP contribution in [-0.2, 0) is 6.42 Å². The van der Waals surface area contributed by atoms with E-state index in [1.165, 1.54) is 38.4 Å². The first-order valence-corrected chi connectivity index (χ1v) is 14.5. The molecule has 0 spiro atoms. The zero-order valence-corrected chi connectivity index (χ0v) is 23.5. The van der Waals surface area contributed by atoms with Crippen molar-refractivity contribution in [2.75, 3.05) is 5.32 Å². The summed E-state index contributed by atoms with van der Waals surface area (Å²) in [5.74, 6) is 0.846. The molecule has 0 bridgehead atoms. The van der Waals surface area contributed by atoms with Gasteiger partial charge in [-0.3, -0.25) is 0 Å². The molecule has 4 rings (SSSR count). The molecule has 2 aromatic heterocycles. The van der Waals surface area contributed by atoms with E-state index in [0.29, 0.717) is 11.8 Å². The monoisotopic (exact) mass is 512 g/mol. The van der Waals surface area contributed by atoms with Gasteiger partial charge in [0.05, 0.1) is 5.69 Å². The molecule has 0 aliphatic rings. The van der Waals surface area contributed by atoms with Crippen LogP contribution in [0.3, 0.4) is 0 Å². The van der Waals surface area contributed by atoms with Gasteiger partial charge in [0.2, 0.25) is 0 Å². The number of hydrogen-bond acceptors (Lipinski definition) is 4. The minimum atomic E-state index is -0.0289. The number of hydrogen-bond donors (Lipinski definition) is 1. The average Bonchev–Trinajstić information content (AvgIpc) is 3.53. The maximum absolute atomic E-state index is 5.22. The molecular formula is C32H36N2S2. The molecule has 1 unspecified atom stereocenters. The van der Waals surface area contributed by atoms with Crippen molar-refractivity contribution in [2.45, 2.75) is 58.9 Å². The van der Waals surface area contributed by atoms with Gasteiger partial charge in [0, 0.05) is 26.9 Å². The SMILES string of the molecule is C=C/C=C\c1c(-c2csc(C(Nc3c(C(C)C)cccc3C(C)C)c3ccccc3)n2)csc1CC. The second-order valence-electron chi connectivity index (χ2n) is 9.61. The van der Waals surface area contributed by atoms with Crippen LogP contribution < -0.4 is 5.32 Å². The quantitative estimate of drug-likeness (QED) is 0.214. The Balaban J connectivity index is 1.81. The number of benzene rings is 2. The summed E-state index contributed by atoms with van der Waals surface area (Å²) < 4.78 is 0. The Morgan fingerprint density at radius 3 is 2.22 bits per heavy atom. The number of para-hydroxylation sites is 1. The Morgan fingerprint density at radius 2 is 1.61 bits per heavy atom. The molecular weight excluding hydrogens is 477 g/mol. The maximum Gasteiger partial charge on any atom is 0.120 e. The third-order valence-corrected chi connectivity index (χ3v) is 8.53. The lowest BCUT2D eigenvalue weighted by atomic mass is 9.92. The largest absolute Gasteiger partial charge is 0.372 e. The number of anilines is 1. The van der Waals surface area contributed by atoms with Gasteiger partial charge in [0.1, 0.15) is 11.0 Å². The van der Waals surface area contributed by atoms with Crippen molar-refractivity contribution in [3.8, 4) is 11.3 Å². The smallest absolute Gasteiger partial charge is 0.120 e. The number of rotatable bonds is 10. The molecule has 1 atom stereocenters. The van der Waals surface area contributed by atoms with Crippen molar-refractivity contribution in [1.29, 1.82) is 0 Å². The number of aromatic nitrogens is 1. The summed E-state index contributed by atoms with van der Waals surface area (Å²) in [6.07, 6.45) is 7.03. The first kappa shape index (κ1) is 26.1. The van der Waals surface area contributed by atoms with E-state index in [-0.39, 0.29) is 6.04 Å². The van der Waals surface area contributed by atoms with E-state index in [0.717, 1.165) is 17.1 Å². The third-order valence-electron chi connectivity index (χ3n) is 6.47. The van der Waals surface area contributed by atoms with E-state index in [1.54, 1.807) is 11.3 Å². The van der Waals surface area contributed by atoms with Gasteiger partial charge in [0.25, 0.3) is 0 Å². The fourth-order valence-corrected chi connectivity index (χ4v) is 6.44. The molecule has 2 nitrogen and oxygen atoms in total. The minimum absolute atomic E-state index is 0.0289. The fourth-order valence-electron chi connectivity index (χ4n) is 4.57. The van der Waals surface area contributed by atoms with Crippen LogP contribution in [0.15, 0.2) is 78.0 Å². The first-order chi connectivity index (χ1) is 17.4. The zero-order valence-electron chi connectivity index (χ0n) is 21.9. The highest BCUT2D eigenvalue weighted by molar-refractivity contribution is 7.11. The molecule has 0 aliphatic carbocycles. The molecule has 36 heavy (non-hydrogen) atoms. The maximum atomic E-state index is 5.22.